The van der Waals surface area contributed by atoms with Crippen molar-refractivity contribution in [2.45, 2.75) is 12.8 Å². The van der Waals surface area contributed by atoms with Gasteiger partial charge in [0.15, 0.2) is 0 Å². The molecule has 1 aliphatic rings. The Morgan fingerprint density at radius 3 is 2.41 bits per heavy atom. The van der Waals surface area contributed by atoms with Crippen LogP contribution in [0.2, 0.25) is 0 Å². The highest BCUT2D eigenvalue weighted by Crippen LogP contribution is 2.31. The average Bonchev–Trinajstić information content (AvgIpc) is 3.25. The minimum atomic E-state index is 0.894. The molecule has 3 aromatic carbocycles. The molecule has 0 spiro atoms. The Morgan fingerprint density at radius 2 is 1.41 bits per heavy atom. The van der Waals surface area contributed by atoms with Gasteiger partial charge in [-0.3, -0.25) is 0 Å². The van der Waals surface area contributed by atoms with E-state index >= 15 is 0 Å². The molecule has 0 saturated heterocycles. The SMILES string of the molecule is C1=c2oc3ccc(Nc4ccc5c(c4)oc4ccccc45)cc3c2=CCC1. The molecule has 1 aliphatic carbocycles. The van der Waals surface area contributed by atoms with Crippen LogP contribution >= 0.6 is 0 Å². The van der Waals surface area contributed by atoms with Gasteiger partial charge in [0.25, 0.3) is 0 Å². The van der Waals surface area contributed by atoms with Gasteiger partial charge in [-0.25, -0.2) is 0 Å². The summed E-state index contributed by atoms with van der Waals surface area (Å²) in [6.45, 7) is 0. The van der Waals surface area contributed by atoms with Crippen LogP contribution in [0.15, 0.2) is 69.5 Å². The van der Waals surface area contributed by atoms with E-state index in [1.165, 1.54) is 5.22 Å². The van der Waals surface area contributed by atoms with Crippen molar-refractivity contribution in [1.82, 2.24) is 0 Å². The quantitative estimate of drug-likeness (QED) is 0.461. The second-order valence-corrected chi connectivity index (χ2v) is 7.01. The summed E-state index contributed by atoms with van der Waals surface area (Å²) in [6.07, 6.45) is 6.57. The van der Waals surface area contributed by atoms with E-state index in [2.05, 4.69) is 53.9 Å². The number of nitrogens with one attached hydrogen (secondary N) is 1. The summed E-state index contributed by atoms with van der Waals surface area (Å²) in [6, 6.07) is 20.7. The van der Waals surface area contributed by atoms with Crippen molar-refractivity contribution in [3.05, 3.63) is 71.3 Å². The predicted molar refractivity (Wildman–Crippen MR) is 111 cm³/mol. The molecule has 130 valence electrons. The number of para-hydroxylation sites is 1. The highest BCUT2D eigenvalue weighted by molar-refractivity contribution is 6.05. The number of rotatable bonds is 2. The van der Waals surface area contributed by atoms with Crippen molar-refractivity contribution < 1.29 is 8.83 Å². The number of anilines is 2. The maximum Gasteiger partial charge on any atom is 0.137 e. The van der Waals surface area contributed by atoms with Crippen LogP contribution in [0.1, 0.15) is 12.8 Å². The van der Waals surface area contributed by atoms with E-state index in [0.29, 0.717) is 0 Å². The Labute approximate surface area is 155 Å². The number of fused-ring (bicyclic) bond motifs is 6. The third-order valence-electron chi connectivity index (χ3n) is 5.27. The molecule has 2 aromatic heterocycles. The fraction of sp³-hybridized carbons (Fsp3) is 0.0833. The molecular weight excluding hydrogens is 334 g/mol. The van der Waals surface area contributed by atoms with Gasteiger partial charge in [-0.1, -0.05) is 24.3 Å². The van der Waals surface area contributed by atoms with E-state index in [0.717, 1.165) is 62.5 Å². The summed E-state index contributed by atoms with van der Waals surface area (Å²) in [5.41, 5.74) is 5.80. The number of hydrogen-bond donors (Lipinski definition) is 1. The van der Waals surface area contributed by atoms with E-state index in [-0.39, 0.29) is 0 Å². The van der Waals surface area contributed by atoms with Crippen LogP contribution in [0.5, 0.6) is 0 Å². The zero-order valence-electron chi connectivity index (χ0n) is 14.7. The van der Waals surface area contributed by atoms with Gasteiger partial charge in [-0.15, -0.1) is 0 Å². The molecule has 3 nitrogen and oxygen atoms in total. The lowest BCUT2D eigenvalue weighted by molar-refractivity contribution is 0.572. The minimum Gasteiger partial charge on any atom is -0.456 e. The molecule has 27 heavy (non-hydrogen) atoms. The van der Waals surface area contributed by atoms with Gasteiger partial charge in [-0.2, -0.15) is 0 Å². The van der Waals surface area contributed by atoms with E-state index in [1.54, 1.807) is 0 Å². The third kappa shape index (κ3) is 2.28. The third-order valence-corrected chi connectivity index (χ3v) is 5.27. The smallest absolute Gasteiger partial charge is 0.137 e. The summed E-state index contributed by atoms with van der Waals surface area (Å²) < 4.78 is 12.0. The molecule has 1 N–H and O–H groups in total. The Balaban J connectivity index is 1.44. The first-order valence-electron chi connectivity index (χ1n) is 9.26. The van der Waals surface area contributed by atoms with Crippen LogP contribution in [0.3, 0.4) is 0 Å². The van der Waals surface area contributed by atoms with Gasteiger partial charge in [-0.05, 0) is 55.3 Å². The Morgan fingerprint density at radius 1 is 0.630 bits per heavy atom. The highest BCUT2D eigenvalue weighted by Gasteiger charge is 2.09. The van der Waals surface area contributed by atoms with Gasteiger partial charge in [0.05, 0.1) is 0 Å². The molecule has 0 aliphatic heterocycles. The number of hydrogen-bond acceptors (Lipinski definition) is 3. The molecule has 0 bridgehead atoms. The predicted octanol–water partition coefficient (Wildman–Crippen LogP) is 5.43. The van der Waals surface area contributed by atoms with Gasteiger partial charge >= 0.3 is 0 Å². The van der Waals surface area contributed by atoms with Crippen molar-refractivity contribution in [2.75, 3.05) is 5.32 Å². The second kappa shape index (κ2) is 5.52. The zero-order valence-corrected chi connectivity index (χ0v) is 14.7. The molecule has 0 unspecified atom stereocenters. The monoisotopic (exact) mass is 351 g/mol. The van der Waals surface area contributed by atoms with E-state index in [1.807, 2.05) is 24.3 Å². The van der Waals surface area contributed by atoms with Gasteiger partial charge in [0, 0.05) is 38.8 Å². The van der Waals surface area contributed by atoms with Crippen LogP contribution in [0.4, 0.5) is 11.4 Å². The fourth-order valence-corrected chi connectivity index (χ4v) is 3.99. The second-order valence-electron chi connectivity index (χ2n) is 7.01. The maximum absolute atomic E-state index is 6.00. The topological polar surface area (TPSA) is 38.3 Å². The first-order chi connectivity index (χ1) is 13.3. The lowest BCUT2D eigenvalue weighted by atomic mass is 10.1. The molecule has 2 heterocycles. The fourth-order valence-electron chi connectivity index (χ4n) is 3.99. The lowest BCUT2D eigenvalue weighted by Gasteiger charge is -2.06. The normalized spacial score (nSPS) is 13.5. The number of furan rings is 2. The van der Waals surface area contributed by atoms with E-state index < -0.39 is 0 Å². The summed E-state index contributed by atoms with van der Waals surface area (Å²) in [5, 5.41) is 8.17. The Kier molecular flexibility index (Phi) is 3.00. The highest BCUT2D eigenvalue weighted by atomic mass is 16.3. The molecule has 0 fully saturated rings. The number of benzene rings is 3. The summed E-state index contributed by atoms with van der Waals surface area (Å²) in [7, 11) is 0. The largest absolute Gasteiger partial charge is 0.456 e. The molecule has 3 heteroatoms. The van der Waals surface area contributed by atoms with Gasteiger partial charge in [0.1, 0.15) is 22.2 Å². The molecule has 0 radical (unpaired) electrons. The molecule has 0 amide bonds. The van der Waals surface area contributed by atoms with Gasteiger partial charge < -0.3 is 14.2 Å². The minimum absolute atomic E-state index is 0.894. The van der Waals surface area contributed by atoms with E-state index in [4.69, 9.17) is 8.83 Å². The maximum atomic E-state index is 6.00. The summed E-state index contributed by atoms with van der Waals surface area (Å²) in [4.78, 5) is 0. The van der Waals surface area contributed by atoms with Crippen LogP contribution in [0.25, 0.3) is 45.1 Å². The Bertz CT molecular complexity index is 1450. The first-order valence-corrected chi connectivity index (χ1v) is 9.26. The van der Waals surface area contributed by atoms with Crippen LogP contribution in [-0.2, 0) is 0 Å². The average molecular weight is 351 g/mol. The van der Waals surface area contributed by atoms with E-state index in [9.17, 15) is 0 Å². The first kappa shape index (κ1) is 14.7. The van der Waals surface area contributed by atoms with Crippen molar-refractivity contribution in [3.8, 4) is 0 Å². The molecule has 6 rings (SSSR count). The summed E-state index contributed by atoms with van der Waals surface area (Å²) >= 11 is 0. The van der Waals surface area contributed by atoms with Crippen LogP contribution in [0, 0.1) is 0 Å². The molecule has 0 atom stereocenters. The van der Waals surface area contributed by atoms with Crippen LogP contribution < -0.4 is 16.0 Å². The molecular formula is C24H17NO2. The van der Waals surface area contributed by atoms with Crippen molar-refractivity contribution in [1.29, 1.82) is 0 Å². The van der Waals surface area contributed by atoms with Crippen molar-refractivity contribution in [2.24, 2.45) is 0 Å². The standard InChI is InChI=1S/C24H17NO2/c1-3-7-21-17(5-1)19-11-9-16(14-24(19)27-21)25-15-10-12-23-20(13-15)18-6-2-4-8-22(18)26-23/h1,3,5-14,25H,2,4H2. The Hall–Kier alpha value is -3.46. The van der Waals surface area contributed by atoms with Crippen LogP contribution in [-0.4, -0.2) is 0 Å². The zero-order chi connectivity index (χ0) is 17.8. The molecule has 0 saturated carbocycles. The summed E-state index contributed by atoms with van der Waals surface area (Å²) in [5.74, 6) is 0. The molecule has 5 aromatic rings. The van der Waals surface area contributed by atoms with Crippen molar-refractivity contribution in [3.63, 3.8) is 0 Å². The lowest BCUT2D eigenvalue weighted by Crippen LogP contribution is -2.22. The van der Waals surface area contributed by atoms with Gasteiger partial charge in [0.2, 0.25) is 0 Å². The van der Waals surface area contributed by atoms with Crippen molar-refractivity contribution >= 4 is 56.4 Å².